The van der Waals surface area contributed by atoms with E-state index in [9.17, 15) is 9.90 Å². The molecule has 0 aliphatic heterocycles. The number of benzene rings is 1. The molecule has 4 rings (SSSR count). The Labute approximate surface area is 131 Å². The van der Waals surface area contributed by atoms with Gasteiger partial charge >= 0.3 is 5.97 Å². The van der Waals surface area contributed by atoms with Crippen LogP contribution in [-0.2, 0) is 13.5 Å². The smallest absolute Gasteiger partial charge is 0.336 e. The van der Waals surface area contributed by atoms with Crippen molar-refractivity contribution in [3.63, 3.8) is 0 Å². The monoisotopic (exact) mass is 307 g/mol. The van der Waals surface area contributed by atoms with Crippen molar-refractivity contribution in [3.8, 4) is 5.75 Å². The summed E-state index contributed by atoms with van der Waals surface area (Å²) in [5.74, 6) is 0.425. The number of fused-ring (bicyclic) bond motifs is 2. The predicted molar refractivity (Wildman–Crippen MR) is 84.2 cm³/mol. The highest BCUT2D eigenvalue weighted by Gasteiger charge is 2.22. The molecule has 0 spiro atoms. The fourth-order valence-corrected chi connectivity index (χ4v) is 2.78. The molecule has 6 nitrogen and oxygen atoms in total. The Kier molecular flexibility index (Phi) is 2.90. The van der Waals surface area contributed by atoms with Crippen molar-refractivity contribution >= 4 is 23.1 Å². The summed E-state index contributed by atoms with van der Waals surface area (Å²) in [5.41, 5.74) is 3.49. The molecule has 23 heavy (non-hydrogen) atoms. The third-order valence-corrected chi connectivity index (χ3v) is 3.91. The van der Waals surface area contributed by atoms with E-state index in [-0.39, 0.29) is 5.56 Å². The van der Waals surface area contributed by atoms with Gasteiger partial charge in [-0.15, -0.1) is 0 Å². The fourth-order valence-electron chi connectivity index (χ4n) is 2.78. The van der Waals surface area contributed by atoms with Crippen molar-refractivity contribution in [3.05, 3.63) is 59.4 Å². The van der Waals surface area contributed by atoms with Crippen LogP contribution in [0.15, 0.2) is 42.5 Å². The molecule has 0 unspecified atom stereocenters. The number of allylic oxidation sites excluding steroid dienone is 1. The first-order valence-corrected chi connectivity index (χ1v) is 7.12. The van der Waals surface area contributed by atoms with Gasteiger partial charge in [-0.1, -0.05) is 0 Å². The van der Waals surface area contributed by atoms with Gasteiger partial charge in [0.05, 0.1) is 28.6 Å². The summed E-state index contributed by atoms with van der Waals surface area (Å²) in [5, 5.41) is 9.25. The lowest BCUT2D eigenvalue weighted by Gasteiger charge is -2.07. The van der Waals surface area contributed by atoms with Gasteiger partial charge in [-0.25, -0.2) is 9.78 Å². The second-order valence-corrected chi connectivity index (χ2v) is 5.42. The molecule has 6 heteroatoms. The zero-order valence-electron chi connectivity index (χ0n) is 12.4. The molecule has 114 valence electrons. The van der Waals surface area contributed by atoms with Gasteiger partial charge in [0.25, 0.3) is 0 Å². The van der Waals surface area contributed by atoms with Crippen LogP contribution < -0.4 is 4.74 Å². The van der Waals surface area contributed by atoms with Crippen LogP contribution >= 0.6 is 0 Å². The van der Waals surface area contributed by atoms with Gasteiger partial charge in [0.1, 0.15) is 11.5 Å². The number of pyridine rings is 1. The molecular weight excluding hydrogens is 294 g/mol. The third kappa shape index (κ3) is 2.24. The van der Waals surface area contributed by atoms with Crippen molar-refractivity contribution in [2.75, 3.05) is 0 Å². The van der Waals surface area contributed by atoms with E-state index in [1.54, 1.807) is 12.4 Å². The third-order valence-electron chi connectivity index (χ3n) is 3.91. The summed E-state index contributed by atoms with van der Waals surface area (Å²) in [4.78, 5) is 19.8. The van der Waals surface area contributed by atoms with E-state index >= 15 is 0 Å². The summed E-state index contributed by atoms with van der Waals surface area (Å²) in [6.07, 6.45) is 5.47. The Morgan fingerprint density at radius 1 is 1.30 bits per heavy atom. The predicted octanol–water partition coefficient (Wildman–Crippen LogP) is 2.64. The minimum absolute atomic E-state index is 0.270. The Hall–Kier alpha value is -3.15. The molecule has 1 N–H and O–H groups in total. The van der Waals surface area contributed by atoms with Gasteiger partial charge in [0.2, 0.25) is 0 Å². The van der Waals surface area contributed by atoms with E-state index in [4.69, 9.17) is 4.74 Å². The van der Waals surface area contributed by atoms with Crippen molar-refractivity contribution < 1.29 is 14.6 Å². The molecule has 0 bridgehead atoms. The number of carboxylic acids is 1. The zero-order chi connectivity index (χ0) is 16.0. The van der Waals surface area contributed by atoms with Gasteiger partial charge in [-0.05, 0) is 23.8 Å². The van der Waals surface area contributed by atoms with Crippen molar-refractivity contribution in [2.24, 2.45) is 7.05 Å². The molecular formula is C17H13N3O3. The van der Waals surface area contributed by atoms with E-state index in [2.05, 4.69) is 9.97 Å². The Morgan fingerprint density at radius 2 is 2.17 bits per heavy atom. The summed E-state index contributed by atoms with van der Waals surface area (Å²) in [7, 11) is 1.92. The molecule has 0 fully saturated rings. The van der Waals surface area contributed by atoms with Gasteiger partial charge in [-0.2, -0.15) is 0 Å². The average Bonchev–Trinajstić information content (AvgIpc) is 3.10. The van der Waals surface area contributed by atoms with Crippen LogP contribution in [0, 0.1) is 0 Å². The normalized spacial score (nSPS) is 13.0. The quantitative estimate of drug-likeness (QED) is 0.805. The first kappa shape index (κ1) is 13.5. The number of nitrogens with zero attached hydrogens (tertiary/aromatic N) is 3. The lowest BCUT2D eigenvalue weighted by molar-refractivity contribution is 0.0695. The van der Waals surface area contributed by atoms with E-state index in [0.29, 0.717) is 29.2 Å². The first-order valence-electron chi connectivity index (χ1n) is 7.12. The average molecular weight is 307 g/mol. The highest BCUT2D eigenvalue weighted by Crippen LogP contribution is 2.29. The molecule has 0 saturated carbocycles. The molecule has 0 atom stereocenters. The number of aromatic carboxylic acids is 1. The Bertz CT molecular complexity index is 972. The molecule has 0 amide bonds. The molecule has 1 aromatic carbocycles. The number of carbonyl (C=O) groups is 1. The maximum Gasteiger partial charge on any atom is 0.336 e. The first-order chi connectivity index (χ1) is 11.1. The number of aryl methyl sites for hydroxylation is 1. The SMILES string of the molecule is Cn1cnc2ccc(OC3=Cc4nccc(C(=O)O)c4C3)cc21. The lowest BCUT2D eigenvalue weighted by atomic mass is 10.1. The van der Waals surface area contributed by atoms with Gasteiger partial charge in [0.15, 0.2) is 0 Å². The molecule has 0 saturated heterocycles. The van der Waals surface area contributed by atoms with Crippen LogP contribution in [0.2, 0.25) is 0 Å². The van der Waals surface area contributed by atoms with Gasteiger partial charge in [0, 0.05) is 31.8 Å². The molecule has 1 aliphatic carbocycles. The summed E-state index contributed by atoms with van der Waals surface area (Å²) in [6.45, 7) is 0. The van der Waals surface area contributed by atoms with E-state index in [1.807, 2.05) is 29.8 Å². The van der Waals surface area contributed by atoms with Crippen LogP contribution in [0.25, 0.3) is 17.1 Å². The second-order valence-electron chi connectivity index (χ2n) is 5.42. The van der Waals surface area contributed by atoms with Crippen molar-refractivity contribution in [2.45, 2.75) is 6.42 Å². The second kappa shape index (κ2) is 4.95. The molecule has 2 heterocycles. The van der Waals surface area contributed by atoms with Crippen molar-refractivity contribution in [1.29, 1.82) is 0 Å². The number of imidazole rings is 1. The number of ether oxygens (including phenoxy) is 1. The Balaban J connectivity index is 1.64. The minimum Gasteiger partial charge on any atom is -0.478 e. The summed E-state index contributed by atoms with van der Waals surface area (Å²) in [6, 6.07) is 7.18. The highest BCUT2D eigenvalue weighted by molar-refractivity contribution is 5.91. The van der Waals surface area contributed by atoms with E-state index in [0.717, 1.165) is 11.0 Å². The van der Waals surface area contributed by atoms with Crippen LogP contribution in [-0.4, -0.2) is 25.6 Å². The number of hydrogen-bond donors (Lipinski definition) is 1. The molecule has 0 radical (unpaired) electrons. The molecule has 1 aliphatic rings. The van der Waals surface area contributed by atoms with Crippen molar-refractivity contribution in [1.82, 2.24) is 14.5 Å². The topological polar surface area (TPSA) is 77.2 Å². The molecule has 2 aromatic heterocycles. The minimum atomic E-state index is -0.949. The largest absolute Gasteiger partial charge is 0.478 e. The number of aromatic nitrogens is 3. The van der Waals surface area contributed by atoms with E-state index < -0.39 is 5.97 Å². The number of rotatable bonds is 3. The van der Waals surface area contributed by atoms with Crippen LogP contribution in [0.5, 0.6) is 5.75 Å². The van der Waals surface area contributed by atoms with Crippen LogP contribution in [0.1, 0.15) is 21.6 Å². The van der Waals surface area contributed by atoms with Crippen LogP contribution in [0.4, 0.5) is 0 Å². The standard InChI is InChI=1S/C17H13N3O3/c1-20-9-19-14-3-2-10(8-16(14)20)23-11-6-13-12(17(21)22)4-5-18-15(13)7-11/h2-5,7-9H,6H2,1H3,(H,21,22). The number of carboxylic acid groups (broad SMARTS) is 1. The summed E-state index contributed by atoms with van der Waals surface area (Å²) < 4.78 is 7.83. The van der Waals surface area contributed by atoms with Gasteiger partial charge in [-0.3, -0.25) is 4.98 Å². The fraction of sp³-hybridized carbons (Fsp3) is 0.118. The Morgan fingerprint density at radius 3 is 3.00 bits per heavy atom. The lowest BCUT2D eigenvalue weighted by Crippen LogP contribution is -2.04. The van der Waals surface area contributed by atoms with Crippen LogP contribution in [0.3, 0.4) is 0 Å². The highest BCUT2D eigenvalue weighted by atomic mass is 16.5. The maximum atomic E-state index is 11.3. The summed E-state index contributed by atoms with van der Waals surface area (Å²) >= 11 is 0. The van der Waals surface area contributed by atoms with E-state index in [1.165, 1.54) is 12.3 Å². The number of hydrogen-bond acceptors (Lipinski definition) is 4. The maximum absolute atomic E-state index is 11.3. The zero-order valence-corrected chi connectivity index (χ0v) is 12.4. The molecule has 3 aromatic rings. The van der Waals surface area contributed by atoms with Gasteiger partial charge < -0.3 is 14.4 Å².